The molecule has 0 saturated heterocycles. The van der Waals surface area contributed by atoms with Gasteiger partial charge in [-0.2, -0.15) is 0 Å². The van der Waals surface area contributed by atoms with Gasteiger partial charge in [0.1, 0.15) is 0 Å². The van der Waals surface area contributed by atoms with Crippen LogP contribution in [-0.4, -0.2) is 29.0 Å². The molecule has 4 fully saturated rings. The first-order valence-electron chi connectivity index (χ1n) is 15.2. The first kappa shape index (κ1) is 29.5. The lowest BCUT2D eigenvalue weighted by atomic mass is 9.32. The summed E-state index contributed by atoms with van der Waals surface area (Å²) in [6, 6.07) is 27.6. The zero-order chi connectivity index (χ0) is 32.5. The third-order valence-corrected chi connectivity index (χ3v) is 11.0. The molecule has 0 amide bonds. The van der Waals surface area contributed by atoms with Crippen molar-refractivity contribution in [3.05, 3.63) is 142 Å². The van der Waals surface area contributed by atoms with Gasteiger partial charge in [-0.25, -0.2) is 4.79 Å². The van der Waals surface area contributed by atoms with E-state index in [1.54, 1.807) is 48.5 Å². The summed E-state index contributed by atoms with van der Waals surface area (Å²) in [7, 11) is 0. The first-order chi connectivity index (χ1) is 21.9. The monoisotopic (exact) mass is 613 g/mol. The summed E-state index contributed by atoms with van der Waals surface area (Å²) in [6.07, 6.45) is 4.37. The summed E-state index contributed by atoms with van der Waals surface area (Å²) in [5.41, 5.74) is 2.55. The number of carboxylic acid groups (broad SMARTS) is 4. The summed E-state index contributed by atoms with van der Waals surface area (Å²) < 4.78 is 0. The van der Waals surface area contributed by atoms with Gasteiger partial charge in [-0.05, 0) is 111 Å². The van der Waals surface area contributed by atoms with Crippen molar-refractivity contribution < 1.29 is 39.6 Å². The quantitative estimate of drug-likeness (QED) is 0.318. The molecule has 232 valence electrons. The molecule has 4 bridgehead atoms. The number of carbonyl (C=O) groups is 4. The molecule has 1 N–H and O–H groups in total. The van der Waals surface area contributed by atoms with E-state index in [1.807, 2.05) is 48.5 Å². The lowest BCUT2D eigenvalue weighted by molar-refractivity contribution is -0.256. The topological polar surface area (TPSA) is 158 Å². The van der Waals surface area contributed by atoms with Crippen LogP contribution in [0.1, 0.15) is 102 Å². The van der Waals surface area contributed by atoms with Crippen molar-refractivity contribution in [3.63, 3.8) is 0 Å². The minimum Gasteiger partial charge on any atom is -0.545 e. The fraction of sp³-hybridized carbons (Fsp3) is 0.263. The van der Waals surface area contributed by atoms with E-state index in [4.69, 9.17) is 0 Å². The average molecular weight is 614 g/mol. The Morgan fingerprint density at radius 2 is 0.587 bits per heavy atom. The number of rotatable bonds is 8. The van der Waals surface area contributed by atoms with Gasteiger partial charge in [0.25, 0.3) is 0 Å². The Hall–Kier alpha value is -5.24. The molecule has 4 aliphatic carbocycles. The predicted octanol–water partition coefficient (Wildman–Crippen LogP) is 2.91. The molecule has 8 heteroatoms. The predicted molar refractivity (Wildman–Crippen MR) is 160 cm³/mol. The molecule has 0 atom stereocenters. The second kappa shape index (κ2) is 10.1. The number of carboxylic acids is 4. The fourth-order valence-electron chi connectivity index (χ4n) is 9.71. The van der Waals surface area contributed by atoms with Crippen LogP contribution in [0.15, 0.2) is 97.1 Å². The van der Waals surface area contributed by atoms with Crippen LogP contribution < -0.4 is 15.3 Å². The third-order valence-electron chi connectivity index (χ3n) is 11.0. The van der Waals surface area contributed by atoms with Crippen LogP contribution in [0.3, 0.4) is 0 Å². The van der Waals surface area contributed by atoms with E-state index >= 15 is 0 Å². The zero-order valence-corrected chi connectivity index (χ0v) is 24.8. The molecule has 4 aromatic carbocycles. The summed E-state index contributed by atoms with van der Waals surface area (Å²) in [5, 5.41) is 44.6. The van der Waals surface area contributed by atoms with Crippen molar-refractivity contribution in [2.45, 2.75) is 60.2 Å². The van der Waals surface area contributed by atoms with Crippen molar-refractivity contribution in [2.24, 2.45) is 0 Å². The minimum absolute atomic E-state index is 0.0765. The maximum Gasteiger partial charge on any atom is 0.335 e. The number of hydrogen-bond donors (Lipinski definition) is 1. The van der Waals surface area contributed by atoms with E-state index in [0.29, 0.717) is 0 Å². The Morgan fingerprint density at radius 3 is 0.761 bits per heavy atom. The van der Waals surface area contributed by atoms with Crippen molar-refractivity contribution in [3.8, 4) is 0 Å². The summed E-state index contributed by atoms with van der Waals surface area (Å²) >= 11 is 0. The van der Waals surface area contributed by atoms with Crippen molar-refractivity contribution in [1.82, 2.24) is 0 Å². The van der Waals surface area contributed by atoms with E-state index in [2.05, 4.69) is 0 Å². The molecule has 8 nitrogen and oxygen atoms in total. The summed E-state index contributed by atoms with van der Waals surface area (Å²) in [4.78, 5) is 46.7. The molecule has 0 aliphatic heterocycles. The van der Waals surface area contributed by atoms with Crippen LogP contribution in [0.4, 0.5) is 0 Å². The maximum atomic E-state index is 11.8. The minimum atomic E-state index is -1.26. The first-order valence-corrected chi connectivity index (χ1v) is 15.2. The number of aromatic carboxylic acids is 4. The average Bonchev–Trinajstić information content (AvgIpc) is 3.04. The second-order valence-corrected chi connectivity index (χ2v) is 13.7. The van der Waals surface area contributed by atoms with E-state index in [0.717, 1.165) is 60.8 Å². The van der Waals surface area contributed by atoms with Crippen LogP contribution in [0, 0.1) is 0 Å². The van der Waals surface area contributed by atoms with Gasteiger partial charge in [-0.3, -0.25) is 0 Å². The molecule has 4 aliphatic rings. The molecular weight excluding hydrogens is 584 g/mol. The van der Waals surface area contributed by atoms with Crippen LogP contribution in [0.25, 0.3) is 0 Å². The third kappa shape index (κ3) is 4.50. The maximum absolute atomic E-state index is 11.8. The molecular formula is C38H29O8-3. The number of hydrogen-bond acceptors (Lipinski definition) is 7. The van der Waals surface area contributed by atoms with Gasteiger partial charge < -0.3 is 34.8 Å². The highest BCUT2D eigenvalue weighted by Crippen LogP contribution is 2.74. The van der Waals surface area contributed by atoms with Gasteiger partial charge in [-0.1, -0.05) is 84.9 Å². The Bertz CT molecular complexity index is 1570. The highest BCUT2D eigenvalue weighted by atomic mass is 16.4. The van der Waals surface area contributed by atoms with E-state index < -0.39 is 45.5 Å². The molecule has 4 saturated carbocycles. The van der Waals surface area contributed by atoms with E-state index in [1.165, 1.54) is 0 Å². The molecule has 0 heterocycles. The molecule has 8 rings (SSSR count). The summed E-state index contributed by atoms with van der Waals surface area (Å²) in [6.45, 7) is 0. The van der Waals surface area contributed by atoms with Crippen LogP contribution in [0.2, 0.25) is 0 Å². The summed E-state index contributed by atoms with van der Waals surface area (Å²) in [5.74, 6) is -4.81. The zero-order valence-electron chi connectivity index (χ0n) is 24.8. The van der Waals surface area contributed by atoms with Gasteiger partial charge >= 0.3 is 5.97 Å². The van der Waals surface area contributed by atoms with Crippen molar-refractivity contribution >= 4 is 23.9 Å². The van der Waals surface area contributed by atoms with Crippen LogP contribution in [-0.2, 0) is 21.7 Å². The standard InChI is InChI=1S/C38H32O8/c39-31(40)23-1-9-27(10-2-23)35-17-36(28-11-3-24(4-12-28)32(41)42)20-37(18-35,29-13-5-25(6-14-29)33(43)44)22-38(19-35,21-36)30-15-7-26(8-16-30)34(45)46/h1-16H,17-22H2,(H,39,40)(H,41,42)(H,43,44)(H,45,46)/p-3. The Morgan fingerprint density at radius 1 is 0.391 bits per heavy atom. The second-order valence-electron chi connectivity index (χ2n) is 13.7. The molecule has 0 radical (unpaired) electrons. The van der Waals surface area contributed by atoms with Gasteiger partial charge in [0, 0.05) is 0 Å². The van der Waals surface area contributed by atoms with E-state index in [9.17, 15) is 39.6 Å². The molecule has 46 heavy (non-hydrogen) atoms. The Labute approximate surface area is 265 Å². The highest BCUT2D eigenvalue weighted by Gasteiger charge is 2.69. The molecule has 0 spiro atoms. The van der Waals surface area contributed by atoms with E-state index in [-0.39, 0.29) is 22.3 Å². The number of benzene rings is 4. The van der Waals surface area contributed by atoms with Crippen molar-refractivity contribution in [1.29, 1.82) is 0 Å². The molecule has 0 unspecified atom stereocenters. The van der Waals surface area contributed by atoms with Crippen LogP contribution in [0.5, 0.6) is 0 Å². The highest BCUT2D eigenvalue weighted by molar-refractivity contribution is 5.88. The normalized spacial score (nSPS) is 27.7. The fourth-order valence-corrected chi connectivity index (χ4v) is 9.71. The van der Waals surface area contributed by atoms with Gasteiger partial charge in [0.05, 0.1) is 23.5 Å². The Balaban J connectivity index is 1.48. The lowest BCUT2D eigenvalue weighted by Crippen LogP contribution is -2.67. The number of carbonyl (C=O) groups excluding carboxylic acids is 3. The van der Waals surface area contributed by atoms with Crippen LogP contribution >= 0.6 is 0 Å². The van der Waals surface area contributed by atoms with Gasteiger partial charge in [0.2, 0.25) is 0 Å². The largest absolute Gasteiger partial charge is 0.545 e. The van der Waals surface area contributed by atoms with Gasteiger partial charge in [0.15, 0.2) is 0 Å². The van der Waals surface area contributed by atoms with Gasteiger partial charge in [-0.15, -0.1) is 0 Å². The molecule has 0 aromatic heterocycles. The molecule has 4 aromatic rings. The smallest absolute Gasteiger partial charge is 0.335 e. The lowest BCUT2D eigenvalue weighted by Gasteiger charge is -2.71. The SMILES string of the molecule is O=C([O-])c1ccc(C23CC4(c5ccc(C(=O)[O-])cc5)CC(c5ccc(C(=O)[O-])cc5)(C2)CC(c2ccc(C(=O)O)cc2)(C3)C4)cc1. The van der Waals surface area contributed by atoms with Crippen molar-refractivity contribution in [2.75, 3.05) is 0 Å². The Kier molecular flexibility index (Phi) is 6.49.